The van der Waals surface area contributed by atoms with Gasteiger partial charge in [0.1, 0.15) is 4.90 Å². The van der Waals surface area contributed by atoms with E-state index in [4.69, 9.17) is 58.0 Å². The van der Waals surface area contributed by atoms with Crippen LogP contribution < -0.4 is 0 Å². The summed E-state index contributed by atoms with van der Waals surface area (Å²) in [6.45, 7) is 0. The fraction of sp³-hybridized carbons (Fsp3) is 0.200. The lowest BCUT2D eigenvalue weighted by atomic mass is 10.7. The second kappa shape index (κ2) is 4.77. The van der Waals surface area contributed by atoms with Crippen LogP contribution in [0.15, 0.2) is 4.90 Å². The topological polar surface area (TPSA) is 59.9 Å². The van der Waals surface area contributed by atoms with Crippen LogP contribution in [0.4, 0.5) is 0 Å². The van der Waals surface area contributed by atoms with Crippen molar-refractivity contribution in [3.8, 4) is 0 Å². The third-order valence-corrected chi connectivity index (χ3v) is 5.05. The number of aromatic nitrogens is 2. The van der Waals surface area contributed by atoms with Gasteiger partial charge < -0.3 is 0 Å². The van der Waals surface area contributed by atoms with Crippen molar-refractivity contribution >= 4 is 67.8 Å². The molecule has 84 valence electrons. The molecule has 0 spiro atoms. The molecule has 0 aliphatic rings. The van der Waals surface area contributed by atoms with E-state index in [0.29, 0.717) is 0 Å². The summed E-state index contributed by atoms with van der Waals surface area (Å²) in [6.07, 6.45) is 0. The first-order valence-corrected chi connectivity index (χ1v) is 6.72. The van der Waals surface area contributed by atoms with Crippen molar-refractivity contribution in [1.29, 1.82) is 0 Å². The monoisotopic (exact) mass is 328 g/mol. The first-order valence-electron chi connectivity index (χ1n) is 3.17. The van der Waals surface area contributed by atoms with Crippen molar-refractivity contribution in [2.24, 2.45) is 0 Å². The molecule has 10 heteroatoms. The Kier molecular flexibility index (Phi) is 4.31. The second-order valence-electron chi connectivity index (χ2n) is 2.21. The molecule has 0 aromatic carbocycles. The third kappa shape index (κ3) is 2.78. The molecular formula is C5HCl5N2O2S. The van der Waals surface area contributed by atoms with Crippen LogP contribution in [0.25, 0.3) is 0 Å². The van der Waals surface area contributed by atoms with Gasteiger partial charge in [-0.2, -0.15) is 0 Å². The van der Waals surface area contributed by atoms with E-state index in [1.54, 1.807) is 0 Å². The average Bonchev–Trinajstić information content (AvgIpc) is 2.00. The van der Waals surface area contributed by atoms with E-state index < -0.39 is 29.2 Å². The molecule has 1 aromatic rings. The van der Waals surface area contributed by atoms with E-state index in [-0.39, 0.29) is 5.28 Å². The molecule has 15 heavy (non-hydrogen) atoms. The van der Waals surface area contributed by atoms with E-state index in [1.165, 1.54) is 0 Å². The van der Waals surface area contributed by atoms with Gasteiger partial charge in [-0.05, 0) is 11.6 Å². The lowest BCUT2D eigenvalue weighted by Gasteiger charge is -2.07. The summed E-state index contributed by atoms with van der Waals surface area (Å²) in [6, 6.07) is 0. The van der Waals surface area contributed by atoms with E-state index in [0.717, 1.165) is 0 Å². The Bertz CT molecular complexity index is 465. The Labute approximate surface area is 110 Å². The average molecular weight is 330 g/mol. The quantitative estimate of drug-likeness (QED) is 0.475. The van der Waals surface area contributed by atoms with Gasteiger partial charge in [0.25, 0.3) is 0 Å². The Balaban J connectivity index is 3.52. The Hall–Kier alpha value is 0.480. The van der Waals surface area contributed by atoms with Gasteiger partial charge in [0.05, 0.1) is 0 Å². The van der Waals surface area contributed by atoms with E-state index in [9.17, 15) is 8.42 Å². The fourth-order valence-corrected chi connectivity index (χ4v) is 3.26. The zero-order chi connectivity index (χ0) is 11.8. The standard InChI is InChI=1S/C5HCl5N2O2S/c6-2-1(15(13,14)4(8)9)3(7)12-5(10)11-2/h4H. The second-order valence-corrected chi connectivity index (χ2v) is 6.85. The molecule has 0 atom stereocenters. The molecule has 0 bridgehead atoms. The van der Waals surface area contributed by atoms with Gasteiger partial charge in [0.2, 0.25) is 19.3 Å². The van der Waals surface area contributed by atoms with Crippen LogP contribution in [-0.2, 0) is 9.84 Å². The number of rotatable bonds is 2. The van der Waals surface area contributed by atoms with Gasteiger partial charge in [-0.3, -0.25) is 0 Å². The first-order chi connectivity index (χ1) is 6.76. The minimum Gasteiger partial charge on any atom is -0.221 e. The molecule has 0 saturated heterocycles. The van der Waals surface area contributed by atoms with Gasteiger partial charge >= 0.3 is 0 Å². The summed E-state index contributed by atoms with van der Waals surface area (Å²) < 4.78 is 21.3. The fourth-order valence-electron chi connectivity index (χ4n) is 0.698. The number of nitrogens with zero attached hydrogens (tertiary/aromatic N) is 2. The predicted molar refractivity (Wildman–Crippen MR) is 59.7 cm³/mol. The molecule has 1 rings (SSSR count). The molecule has 1 aromatic heterocycles. The van der Waals surface area contributed by atoms with Gasteiger partial charge in [0.15, 0.2) is 10.3 Å². The van der Waals surface area contributed by atoms with Crippen LogP contribution in [0.3, 0.4) is 0 Å². The molecule has 0 fully saturated rings. The summed E-state index contributed by atoms with van der Waals surface area (Å²) in [5.74, 6) is 0. The van der Waals surface area contributed by atoms with Crippen LogP contribution in [0.5, 0.6) is 0 Å². The molecule has 4 nitrogen and oxygen atoms in total. The maximum Gasteiger partial charge on any atom is 0.225 e. The minimum atomic E-state index is -4.07. The van der Waals surface area contributed by atoms with Gasteiger partial charge in [-0.25, -0.2) is 18.4 Å². The third-order valence-electron chi connectivity index (χ3n) is 1.27. The van der Waals surface area contributed by atoms with E-state index in [2.05, 4.69) is 9.97 Å². The summed E-state index contributed by atoms with van der Waals surface area (Å²) in [5.41, 5.74) is 0. The predicted octanol–water partition coefficient (Wildman–Crippen LogP) is 2.97. The number of sulfone groups is 1. The number of hydrogen-bond donors (Lipinski definition) is 0. The van der Waals surface area contributed by atoms with Gasteiger partial charge in [-0.15, -0.1) is 0 Å². The molecule has 0 amide bonds. The van der Waals surface area contributed by atoms with Gasteiger partial charge in [-0.1, -0.05) is 46.4 Å². The van der Waals surface area contributed by atoms with Crippen LogP contribution in [0.2, 0.25) is 15.6 Å². The maximum atomic E-state index is 11.5. The van der Waals surface area contributed by atoms with Crippen molar-refractivity contribution in [3.63, 3.8) is 0 Å². The molecule has 0 aliphatic carbocycles. The molecule has 0 saturated carbocycles. The minimum absolute atomic E-state index is 0.273. The maximum absolute atomic E-state index is 11.5. The number of alkyl halides is 2. The summed E-state index contributed by atoms with van der Waals surface area (Å²) in [4.78, 5) is 6.31. The molecule has 0 aliphatic heterocycles. The zero-order valence-corrected chi connectivity index (χ0v) is 11.2. The highest BCUT2D eigenvalue weighted by Crippen LogP contribution is 2.32. The smallest absolute Gasteiger partial charge is 0.221 e. The van der Waals surface area contributed by atoms with E-state index in [1.807, 2.05) is 0 Å². The molecular weight excluding hydrogens is 329 g/mol. The van der Waals surface area contributed by atoms with Crippen LogP contribution in [0, 0.1) is 0 Å². The van der Waals surface area contributed by atoms with E-state index >= 15 is 0 Å². The molecule has 0 N–H and O–H groups in total. The highest BCUT2D eigenvalue weighted by molar-refractivity contribution is 7.94. The number of halogens is 5. The summed E-state index contributed by atoms with van der Waals surface area (Å²) in [7, 11) is -4.07. The van der Waals surface area contributed by atoms with Crippen molar-refractivity contribution in [2.75, 3.05) is 0 Å². The van der Waals surface area contributed by atoms with Crippen molar-refractivity contribution in [2.45, 2.75) is 9.06 Å². The highest BCUT2D eigenvalue weighted by Gasteiger charge is 2.30. The zero-order valence-electron chi connectivity index (χ0n) is 6.59. The van der Waals surface area contributed by atoms with Crippen LogP contribution in [-0.4, -0.2) is 22.6 Å². The van der Waals surface area contributed by atoms with Gasteiger partial charge in [0, 0.05) is 0 Å². The van der Waals surface area contributed by atoms with Crippen LogP contribution >= 0.6 is 58.0 Å². The lowest BCUT2D eigenvalue weighted by Crippen LogP contribution is -2.12. The Morgan fingerprint density at radius 3 is 1.73 bits per heavy atom. The highest BCUT2D eigenvalue weighted by atomic mass is 35.5. The normalized spacial score (nSPS) is 12.1. The molecule has 0 radical (unpaired) electrons. The van der Waals surface area contributed by atoms with Crippen molar-refractivity contribution < 1.29 is 8.42 Å². The summed E-state index contributed by atoms with van der Waals surface area (Å²) >= 11 is 27.0. The number of hydrogen-bond acceptors (Lipinski definition) is 4. The SMILES string of the molecule is O=S(=O)(c1c(Cl)nc(Cl)nc1Cl)C(Cl)Cl. The molecule has 0 unspecified atom stereocenters. The Morgan fingerprint density at radius 1 is 1.00 bits per heavy atom. The van der Waals surface area contributed by atoms with Crippen molar-refractivity contribution in [1.82, 2.24) is 9.97 Å². The van der Waals surface area contributed by atoms with Crippen LogP contribution in [0.1, 0.15) is 0 Å². The molecule has 1 heterocycles. The summed E-state index contributed by atoms with van der Waals surface area (Å²) in [5, 5.41) is -1.12. The lowest BCUT2D eigenvalue weighted by molar-refractivity contribution is 0.598. The Morgan fingerprint density at radius 2 is 1.40 bits per heavy atom. The van der Waals surface area contributed by atoms with Crippen molar-refractivity contribution in [3.05, 3.63) is 15.6 Å². The largest absolute Gasteiger partial charge is 0.225 e. The first kappa shape index (κ1) is 13.5.